The first-order chi connectivity index (χ1) is 7.59. The minimum atomic E-state index is -0.300. The lowest BCUT2D eigenvalue weighted by atomic mass is 9.77. The Kier molecular flexibility index (Phi) is 4.91. The van der Waals surface area contributed by atoms with Gasteiger partial charge in [-0.2, -0.15) is 0 Å². The highest BCUT2D eigenvalue weighted by atomic mass is 19.1. The first kappa shape index (κ1) is 13.1. The molecule has 0 heterocycles. The molecular weight excluding hydrogens is 206 g/mol. The summed E-state index contributed by atoms with van der Waals surface area (Å²) >= 11 is 0. The van der Waals surface area contributed by atoms with Crippen LogP contribution in [0.4, 0.5) is 8.78 Å². The van der Waals surface area contributed by atoms with Gasteiger partial charge in [-0.25, -0.2) is 4.39 Å². The zero-order chi connectivity index (χ0) is 12.0. The third kappa shape index (κ3) is 3.92. The Morgan fingerprint density at radius 3 is 2.56 bits per heavy atom. The quantitative estimate of drug-likeness (QED) is 0.668. The van der Waals surface area contributed by atoms with Gasteiger partial charge in [0.1, 0.15) is 5.82 Å². The molecule has 0 fully saturated rings. The van der Waals surface area contributed by atoms with E-state index in [1.54, 1.807) is 12.1 Å². The van der Waals surface area contributed by atoms with E-state index >= 15 is 0 Å². The van der Waals surface area contributed by atoms with E-state index < -0.39 is 0 Å². The highest BCUT2D eigenvalue weighted by Crippen LogP contribution is 2.32. The summed E-state index contributed by atoms with van der Waals surface area (Å²) in [5.41, 5.74) is 0.918. The molecule has 1 atom stereocenters. The molecule has 0 radical (unpaired) electrons. The molecule has 1 aromatic carbocycles. The van der Waals surface area contributed by atoms with Gasteiger partial charge in [0.15, 0.2) is 0 Å². The van der Waals surface area contributed by atoms with Crippen LogP contribution in [-0.4, -0.2) is 6.67 Å². The number of alkyl halides is 1. The molecule has 0 saturated carbocycles. The lowest BCUT2D eigenvalue weighted by molar-refractivity contribution is 0.236. The Hall–Kier alpha value is -0.920. The molecule has 0 saturated heterocycles. The van der Waals surface area contributed by atoms with Crippen molar-refractivity contribution in [1.82, 2.24) is 0 Å². The standard InChI is InChI=1S/C14H20F2/c1-3-7-14(2,8-9-15)11-12-5-4-6-13(16)10-12/h4-6,10H,3,7-9,11H2,1-2H3. The molecule has 0 aliphatic carbocycles. The van der Waals surface area contributed by atoms with Crippen LogP contribution < -0.4 is 0 Å². The molecule has 0 aromatic heterocycles. The second-order valence-corrected chi connectivity index (χ2v) is 4.81. The van der Waals surface area contributed by atoms with Gasteiger partial charge in [0.2, 0.25) is 0 Å². The molecule has 0 aliphatic rings. The molecule has 16 heavy (non-hydrogen) atoms. The summed E-state index contributed by atoms with van der Waals surface area (Å²) in [6, 6.07) is 6.61. The molecular formula is C14H20F2. The van der Waals surface area contributed by atoms with E-state index in [4.69, 9.17) is 0 Å². The van der Waals surface area contributed by atoms with Gasteiger partial charge in [0.05, 0.1) is 6.67 Å². The summed E-state index contributed by atoms with van der Waals surface area (Å²) in [7, 11) is 0. The Morgan fingerprint density at radius 1 is 1.25 bits per heavy atom. The van der Waals surface area contributed by atoms with Crippen LogP contribution in [0.2, 0.25) is 0 Å². The van der Waals surface area contributed by atoms with Gasteiger partial charge in [-0.3, -0.25) is 4.39 Å². The smallest absolute Gasteiger partial charge is 0.123 e. The van der Waals surface area contributed by atoms with Crippen molar-refractivity contribution in [2.75, 3.05) is 6.67 Å². The van der Waals surface area contributed by atoms with E-state index in [9.17, 15) is 8.78 Å². The predicted molar refractivity (Wildman–Crippen MR) is 63.7 cm³/mol. The number of benzene rings is 1. The van der Waals surface area contributed by atoms with Crippen molar-refractivity contribution in [3.8, 4) is 0 Å². The van der Waals surface area contributed by atoms with Crippen LogP contribution in [0.5, 0.6) is 0 Å². The normalized spacial score (nSPS) is 14.8. The van der Waals surface area contributed by atoms with Crippen molar-refractivity contribution in [2.24, 2.45) is 5.41 Å². The summed E-state index contributed by atoms with van der Waals surface area (Å²) in [6.45, 7) is 3.88. The Morgan fingerprint density at radius 2 is 2.00 bits per heavy atom. The minimum absolute atomic E-state index is 0.0444. The molecule has 0 amide bonds. The van der Waals surface area contributed by atoms with Gasteiger partial charge in [-0.1, -0.05) is 32.4 Å². The van der Waals surface area contributed by atoms with E-state index in [-0.39, 0.29) is 17.9 Å². The average molecular weight is 226 g/mol. The maximum atomic E-state index is 13.0. The molecule has 0 aliphatic heterocycles. The van der Waals surface area contributed by atoms with Gasteiger partial charge >= 0.3 is 0 Å². The SMILES string of the molecule is CCCC(C)(CCF)Cc1cccc(F)c1. The van der Waals surface area contributed by atoms with E-state index in [0.29, 0.717) is 6.42 Å². The largest absolute Gasteiger partial charge is 0.251 e. The van der Waals surface area contributed by atoms with Crippen LogP contribution in [-0.2, 0) is 6.42 Å². The van der Waals surface area contributed by atoms with Crippen LogP contribution in [0.25, 0.3) is 0 Å². The Labute approximate surface area is 96.7 Å². The third-order valence-electron chi connectivity index (χ3n) is 3.07. The number of hydrogen-bond acceptors (Lipinski definition) is 0. The van der Waals surface area contributed by atoms with E-state index in [1.807, 2.05) is 6.07 Å². The van der Waals surface area contributed by atoms with E-state index in [2.05, 4.69) is 13.8 Å². The first-order valence-electron chi connectivity index (χ1n) is 5.90. The summed E-state index contributed by atoms with van der Waals surface area (Å²) < 4.78 is 25.6. The third-order valence-corrected chi connectivity index (χ3v) is 3.07. The van der Waals surface area contributed by atoms with Crippen molar-refractivity contribution in [3.05, 3.63) is 35.6 Å². The Balaban J connectivity index is 2.74. The van der Waals surface area contributed by atoms with Crippen LogP contribution in [0, 0.1) is 11.2 Å². The zero-order valence-electron chi connectivity index (χ0n) is 10.1. The summed E-state index contributed by atoms with van der Waals surface area (Å²) in [6.07, 6.45) is 3.32. The lowest BCUT2D eigenvalue weighted by Gasteiger charge is -2.28. The average Bonchev–Trinajstić information content (AvgIpc) is 2.17. The van der Waals surface area contributed by atoms with E-state index in [1.165, 1.54) is 6.07 Å². The van der Waals surface area contributed by atoms with Crippen LogP contribution >= 0.6 is 0 Å². The van der Waals surface area contributed by atoms with Crippen molar-refractivity contribution >= 4 is 0 Å². The maximum absolute atomic E-state index is 13.0. The van der Waals surface area contributed by atoms with Gasteiger partial charge in [0, 0.05) is 0 Å². The van der Waals surface area contributed by atoms with Crippen LogP contribution in [0.15, 0.2) is 24.3 Å². The fourth-order valence-corrected chi connectivity index (χ4v) is 2.27. The minimum Gasteiger partial charge on any atom is -0.251 e. The molecule has 2 heteroatoms. The van der Waals surface area contributed by atoms with Crippen molar-refractivity contribution in [1.29, 1.82) is 0 Å². The zero-order valence-corrected chi connectivity index (χ0v) is 10.1. The molecule has 0 spiro atoms. The lowest BCUT2D eigenvalue weighted by Crippen LogP contribution is -2.20. The van der Waals surface area contributed by atoms with Gasteiger partial charge < -0.3 is 0 Å². The Bertz CT molecular complexity index is 314. The maximum Gasteiger partial charge on any atom is 0.123 e. The van der Waals surface area contributed by atoms with E-state index in [0.717, 1.165) is 24.8 Å². The number of halogens is 2. The van der Waals surface area contributed by atoms with Crippen LogP contribution in [0.3, 0.4) is 0 Å². The highest BCUT2D eigenvalue weighted by Gasteiger charge is 2.23. The number of hydrogen-bond donors (Lipinski definition) is 0. The molecule has 0 N–H and O–H groups in total. The first-order valence-corrected chi connectivity index (χ1v) is 5.90. The molecule has 0 nitrogen and oxygen atoms in total. The summed E-state index contributed by atoms with van der Waals surface area (Å²) in [4.78, 5) is 0. The molecule has 90 valence electrons. The highest BCUT2D eigenvalue weighted by molar-refractivity contribution is 5.17. The predicted octanol–water partition coefficient (Wildman–Crippen LogP) is 4.53. The van der Waals surface area contributed by atoms with Crippen molar-refractivity contribution < 1.29 is 8.78 Å². The molecule has 0 bridgehead atoms. The summed E-state index contributed by atoms with van der Waals surface area (Å²) in [5, 5.41) is 0. The van der Waals surface area contributed by atoms with Crippen LogP contribution in [0.1, 0.15) is 38.7 Å². The molecule has 1 unspecified atom stereocenters. The number of rotatable bonds is 6. The fraction of sp³-hybridized carbons (Fsp3) is 0.571. The van der Waals surface area contributed by atoms with Gasteiger partial charge in [-0.15, -0.1) is 0 Å². The van der Waals surface area contributed by atoms with Crippen molar-refractivity contribution in [3.63, 3.8) is 0 Å². The second kappa shape index (κ2) is 5.97. The van der Waals surface area contributed by atoms with Gasteiger partial charge in [-0.05, 0) is 42.4 Å². The fourth-order valence-electron chi connectivity index (χ4n) is 2.27. The summed E-state index contributed by atoms with van der Waals surface area (Å²) in [5.74, 6) is -0.211. The van der Waals surface area contributed by atoms with Crippen molar-refractivity contribution in [2.45, 2.75) is 39.5 Å². The molecule has 1 aromatic rings. The second-order valence-electron chi connectivity index (χ2n) is 4.81. The topological polar surface area (TPSA) is 0 Å². The molecule has 1 rings (SSSR count). The monoisotopic (exact) mass is 226 g/mol. The van der Waals surface area contributed by atoms with Gasteiger partial charge in [0.25, 0.3) is 0 Å².